The third-order valence-corrected chi connectivity index (χ3v) is 0. The number of hydrogen-bond acceptors (Lipinski definition) is 0. The minimum atomic E-state index is 1.75. The summed E-state index contributed by atoms with van der Waals surface area (Å²) in [7, 11) is 0. The summed E-state index contributed by atoms with van der Waals surface area (Å²) in [6.45, 7) is 32.5. The van der Waals surface area contributed by atoms with Crippen molar-refractivity contribution in [3.05, 3.63) is 38.5 Å². The molecule has 0 aromatic carbocycles. The lowest BCUT2D eigenvalue weighted by Crippen LogP contribution is -1.07. The third kappa shape index (κ3) is 3240. The van der Waals surface area contributed by atoms with Gasteiger partial charge in [-0.1, -0.05) is 67.5 Å². The van der Waals surface area contributed by atoms with Crippen LogP contribution in [0.3, 0.4) is 0 Å². The van der Waals surface area contributed by atoms with Gasteiger partial charge in [-0.15, -0.1) is 26.3 Å². The zero-order valence-electron chi connectivity index (χ0n) is 14.0. The fourth-order valence-corrected chi connectivity index (χ4v) is 0. The molecule has 0 N–H and O–H groups in total. The van der Waals surface area contributed by atoms with Gasteiger partial charge in [-0.25, -0.2) is 0 Å². The summed E-state index contributed by atoms with van der Waals surface area (Å²) in [4.78, 5) is 0. The lowest BCUT2D eigenvalue weighted by atomic mass is 10.8. The molecule has 0 saturated carbocycles. The number of hydrogen-bond donors (Lipinski definition) is 0. The van der Waals surface area contributed by atoms with E-state index in [-0.39, 0.29) is 0 Å². The molecule has 0 radical (unpaired) electrons. The summed E-state index contributed by atoms with van der Waals surface area (Å²) in [5.74, 6) is 0. The second kappa shape index (κ2) is 1670. The van der Waals surface area contributed by atoms with Gasteiger partial charge in [-0.2, -0.15) is 0 Å². The Balaban J connectivity index is -0.0000000120. The Labute approximate surface area is 108 Å². The first-order chi connectivity index (χ1) is 7.83. The molecule has 0 heteroatoms. The second-order valence-electron chi connectivity index (χ2n) is 0.816. The van der Waals surface area contributed by atoms with Crippen molar-refractivity contribution < 1.29 is 0 Å². The fraction of sp³-hybridized carbons (Fsp3) is 0.625. The maximum atomic E-state index is 3.36. The van der Waals surface area contributed by atoms with Gasteiger partial charge in [0.25, 0.3) is 0 Å². The predicted octanol–water partition coefficient (Wildman–Crippen LogP) is 7.29. The maximum Gasteiger partial charge on any atom is -0.0473 e. The highest BCUT2D eigenvalue weighted by Gasteiger charge is 1.15. The second-order valence-corrected chi connectivity index (χ2v) is 0.816. The molecule has 16 heavy (non-hydrogen) atoms. The molecular formula is C16H40. The highest BCUT2D eigenvalue weighted by atomic mass is 13.2. The molecule has 0 fully saturated rings. The van der Waals surface area contributed by atoms with Crippen LogP contribution in [0.25, 0.3) is 0 Å². The van der Waals surface area contributed by atoms with E-state index >= 15 is 0 Å². The van der Waals surface area contributed by atoms with Crippen LogP contribution in [0.5, 0.6) is 0 Å². The van der Waals surface area contributed by atoms with Crippen LogP contribution in [0, 0.1) is 0 Å². The molecule has 0 unspecified atom stereocenters. The Bertz CT molecular complexity index is 29.3. The van der Waals surface area contributed by atoms with Crippen LogP contribution in [0.1, 0.15) is 69.2 Å². The standard InChI is InChI=1S/2C3H6.4C2H6.C2H4/c2*1-3-2;5*1-2/h2*3H,1H2,2H3;4*1-2H3;1-2H2. The van der Waals surface area contributed by atoms with E-state index in [1.54, 1.807) is 12.2 Å². The molecule has 0 atom stereocenters. The zero-order chi connectivity index (χ0) is 15.4. The van der Waals surface area contributed by atoms with Gasteiger partial charge >= 0.3 is 0 Å². The quantitative estimate of drug-likeness (QED) is 0.385. The normalized spacial score (nSPS) is 3.38. The van der Waals surface area contributed by atoms with Gasteiger partial charge in [0.1, 0.15) is 0 Å². The summed E-state index contributed by atoms with van der Waals surface area (Å²) in [6, 6.07) is 0. The summed E-state index contributed by atoms with van der Waals surface area (Å²) in [5, 5.41) is 0. The Morgan fingerprint density at radius 1 is 0.500 bits per heavy atom. The molecule has 104 valence electrons. The van der Waals surface area contributed by atoms with Crippen LogP contribution in [-0.4, -0.2) is 0 Å². The molecule has 0 aromatic rings. The number of allylic oxidation sites excluding steroid dienone is 2. The molecule has 0 rings (SSSR count). The van der Waals surface area contributed by atoms with Crippen molar-refractivity contribution in [2.45, 2.75) is 69.2 Å². The van der Waals surface area contributed by atoms with E-state index in [1.807, 2.05) is 69.2 Å². The van der Waals surface area contributed by atoms with Crippen LogP contribution in [0.4, 0.5) is 0 Å². The summed E-state index contributed by atoms with van der Waals surface area (Å²) in [6.07, 6.45) is 3.50. The van der Waals surface area contributed by atoms with Crippen molar-refractivity contribution in [1.82, 2.24) is 0 Å². The van der Waals surface area contributed by atoms with Gasteiger partial charge < -0.3 is 0 Å². The predicted molar refractivity (Wildman–Crippen MR) is 88.4 cm³/mol. The van der Waals surface area contributed by atoms with E-state index in [9.17, 15) is 0 Å². The molecule has 0 heterocycles. The number of rotatable bonds is 0. The first-order valence-corrected chi connectivity index (χ1v) is 6.47. The Morgan fingerprint density at radius 3 is 0.500 bits per heavy atom. The molecular weight excluding hydrogens is 192 g/mol. The van der Waals surface area contributed by atoms with Crippen LogP contribution in [-0.2, 0) is 0 Å². The molecule has 0 nitrogen and oxygen atoms in total. The maximum absolute atomic E-state index is 3.36. The molecule has 0 spiro atoms. The average Bonchev–Trinajstić information content (AvgIpc) is 2.42. The average molecular weight is 232 g/mol. The molecule has 0 aliphatic carbocycles. The Hall–Kier alpha value is -0.780. The first kappa shape index (κ1) is 45.5. The smallest absolute Gasteiger partial charge is 0.0473 e. The molecule has 0 saturated heterocycles. The molecule has 0 bridgehead atoms. The Kier molecular flexibility index (Phi) is 4750. The van der Waals surface area contributed by atoms with E-state index in [0.717, 1.165) is 0 Å². The monoisotopic (exact) mass is 232 g/mol. The zero-order valence-corrected chi connectivity index (χ0v) is 14.0. The van der Waals surface area contributed by atoms with Gasteiger partial charge in [0, 0.05) is 0 Å². The summed E-state index contributed by atoms with van der Waals surface area (Å²) in [5.41, 5.74) is 0. The molecule has 0 amide bonds. The van der Waals surface area contributed by atoms with Crippen molar-refractivity contribution in [3.8, 4) is 0 Å². The third-order valence-electron chi connectivity index (χ3n) is 0. The minimum absolute atomic E-state index is 1.75. The van der Waals surface area contributed by atoms with Gasteiger partial charge in [-0.3, -0.25) is 0 Å². The van der Waals surface area contributed by atoms with Crippen molar-refractivity contribution >= 4 is 0 Å². The van der Waals surface area contributed by atoms with Gasteiger partial charge in [0.2, 0.25) is 0 Å². The van der Waals surface area contributed by atoms with E-state index < -0.39 is 0 Å². The topological polar surface area (TPSA) is 0 Å². The van der Waals surface area contributed by atoms with E-state index in [4.69, 9.17) is 0 Å². The van der Waals surface area contributed by atoms with Crippen LogP contribution >= 0.6 is 0 Å². The SMILES string of the molecule is C=C.C=CC.C=CC.CC.CC.CC.CC. The van der Waals surface area contributed by atoms with Crippen molar-refractivity contribution in [3.63, 3.8) is 0 Å². The lowest BCUT2D eigenvalue weighted by molar-refractivity contribution is 1.50. The summed E-state index contributed by atoms with van der Waals surface area (Å²) >= 11 is 0. The lowest BCUT2D eigenvalue weighted by Gasteiger charge is -1.31. The highest BCUT2D eigenvalue weighted by Crippen LogP contribution is 1.38. The van der Waals surface area contributed by atoms with Crippen molar-refractivity contribution in [2.75, 3.05) is 0 Å². The Morgan fingerprint density at radius 2 is 0.500 bits per heavy atom. The van der Waals surface area contributed by atoms with Crippen molar-refractivity contribution in [1.29, 1.82) is 0 Å². The van der Waals surface area contributed by atoms with Crippen LogP contribution in [0.15, 0.2) is 38.5 Å². The van der Waals surface area contributed by atoms with Crippen LogP contribution in [0.2, 0.25) is 0 Å². The first-order valence-electron chi connectivity index (χ1n) is 6.47. The van der Waals surface area contributed by atoms with Gasteiger partial charge in [-0.05, 0) is 13.8 Å². The van der Waals surface area contributed by atoms with E-state index in [1.165, 1.54) is 0 Å². The fourth-order valence-electron chi connectivity index (χ4n) is 0. The molecule has 0 aromatic heterocycles. The molecule has 0 aliphatic heterocycles. The van der Waals surface area contributed by atoms with Gasteiger partial charge in [0.05, 0.1) is 0 Å². The van der Waals surface area contributed by atoms with E-state index in [2.05, 4.69) is 26.3 Å². The van der Waals surface area contributed by atoms with Crippen LogP contribution < -0.4 is 0 Å². The van der Waals surface area contributed by atoms with Crippen molar-refractivity contribution in [2.24, 2.45) is 0 Å². The minimum Gasteiger partial charge on any atom is -0.106 e. The van der Waals surface area contributed by atoms with E-state index in [0.29, 0.717) is 0 Å². The largest absolute Gasteiger partial charge is 0.106 e. The van der Waals surface area contributed by atoms with Gasteiger partial charge in [0.15, 0.2) is 0 Å². The molecule has 0 aliphatic rings. The summed E-state index contributed by atoms with van der Waals surface area (Å²) < 4.78 is 0. The highest BCUT2D eigenvalue weighted by molar-refractivity contribution is 4.51.